The van der Waals surface area contributed by atoms with Crippen LogP contribution in [0.15, 0.2) is 73.1 Å². The molecule has 0 aliphatic heterocycles. The molecule has 150 valence electrons. The van der Waals surface area contributed by atoms with Crippen LogP contribution in [-0.4, -0.2) is 21.6 Å². The first-order valence-corrected chi connectivity index (χ1v) is 9.88. The van der Waals surface area contributed by atoms with Crippen molar-refractivity contribution >= 4 is 28.5 Å². The first-order valence-electron chi connectivity index (χ1n) is 9.88. The lowest BCUT2D eigenvalue weighted by molar-refractivity contribution is 1.01. The number of aromatic nitrogens is 2. The van der Waals surface area contributed by atoms with Gasteiger partial charge in [0.15, 0.2) is 0 Å². The van der Waals surface area contributed by atoms with Gasteiger partial charge >= 0.3 is 0 Å². The summed E-state index contributed by atoms with van der Waals surface area (Å²) in [5.74, 6) is -0.00813. The van der Waals surface area contributed by atoms with Crippen LogP contribution < -0.4 is 11.5 Å². The number of nitrogens with one attached hydrogen (secondary N) is 2. The second kappa shape index (κ2) is 7.18. The molecule has 1 unspecified atom stereocenters. The average Bonchev–Trinajstić information content (AvgIpc) is 2.80. The number of nitrogen functional groups attached to an aromatic ring is 2. The number of rotatable bonds is 4. The zero-order valence-electron chi connectivity index (χ0n) is 16.6. The summed E-state index contributed by atoms with van der Waals surface area (Å²) in [4.78, 5) is 8.67. The lowest BCUT2D eigenvalue weighted by Gasteiger charge is -2.23. The molecule has 5 rings (SSSR count). The van der Waals surface area contributed by atoms with Crippen LogP contribution in [0.3, 0.4) is 0 Å². The summed E-state index contributed by atoms with van der Waals surface area (Å²) in [7, 11) is 0. The van der Waals surface area contributed by atoms with E-state index in [4.69, 9.17) is 22.3 Å². The summed E-state index contributed by atoms with van der Waals surface area (Å²) in [6.45, 7) is 0. The Labute approximate surface area is 179 Å². The van der Waals surface area contributed by atoms with Gasteiger partial charge in [0.05, 0.1) is 0 Å². The van der Waals surface area contributed by atoms with Gasteiger partial charge in [-0.2, -0.15) is 0 Å². The predicted molar refractivity (Wildman–Crippen MR) is 124 cm³/mol. The highest BCUT2D eigenvalue weighted by Gasteiger charge is 2.22. The van der Waals surface area contributed by atoms with E-state index in [0.717, 1.165) is 22.3 Å². The van der Waals surface area contributed by atoms with Crippen molar-refractivity contribution in [2.24, 2.45) is 11.5 Å². The fraction of sp³-hybridized carbons (Fsp3) is 0.0400. The van der Waals surface area contributed by atoms with E-state index in [0.29, 0.717) is 11.4 Å². The maximum atomic E-state index is 7.56. The second-order valence-electron chi connectivity index (χ2n) is 7.55. The van der Waals surface area contributed by atoms with Crippen LogP contribution in [0.5, 0.6) is 0 Å². The van der Waals surface area contributed by atoms with E-state index < -0.39 is 0 Å². The van der Waals surface area contributed by atoms with Crippen LogP contribution in [0.2, 0.25) is 0 Å². The maximum Gasteiger partial charge on any atom is 0.141 e. The van der Waals surface area contributed by atoms with Gasteiger partial charge < -0.3 is 11.5 Å². The first kappa shape index (κ1) is 18.7. The standard InChI is InChI=1S/C25H20N6/c26-24(27)21-10-5-15(12-30-21)17-7-4-14-2-1-3-19-18(8-9-20(17)23(14)19)16-6-11-22(25(28)29)31-13-16/h1-13,18H,(H3,26,27)(H3,28,29). The highest BCUT2D eigenvalue weighted by atomic mass is 14.8. The van der Waals surface area contributed by atoms with E-state index in [1.54, 1.807) is 24.5 Å². The molecule has 6 nitrogen and oxygen atoms in total. The summed E-state index contributed by atoms with van der Waals surface area (Å²) >= 11 is 0. The van der Waals surface area contributed by atoms with Crippen molar-refractivity contribution < 1.29 is 0 Å². The molecule has 31 heavy (non-hydrogen) atoms. The highest BCUT2D eigenvalue weighted by Crippen LogP contribution is 2.41. The first-order chi connectivity index (χ1) is 15.0. The van der Waals surface area contributed by atoms with Crippen molar-refractivity contribution in [3.8, 4) is 11.1 Å². The van der Waals surface area contributed by atoms with Crippen molar-refractivity contribution in [3.05, 3.63) is 101 Å². The molecule has 0 bridgehead atoms. The lowest BCUT2D eigenvalue weighted by atomic mass is 9.80. The molecular formula is C25H20N6. The van der Waals surface area contributed by atoms with Crippen LogP contribution >= 0.6 is 0 Å². The third kappa shape index (κ3) is 3.14. The van der Waals surface area contributed by atoms with E-state index in [1.165, 1.54) is 16.3 Å². The number of hydrogen-bond donors (Lipinski definition) is 4. The molecule has 2 aromatic heterocycles. The molecule has 0 radical (unpaired) electrons. The average molecular weight is 404 g/mol. The van der Waals surface area contributed by atoms with E-state index in [1.807, 2.05) is 12.1 Å². The minimum atomic E-state index is -0.0409. The predicted octanol–water partition coefficient (Wildman–Crippen LogP) is 4.02. The molecule has 0 amide bonds. The van der Waals surface area contributed by atoms with Crippen LogP contribution in [0.25, 0.3) is 28.0 Å². The Balaban J connectivity index is 1.64. The van der Waals surface area contributed by atoms with Gasteiger partial charge in [-0.25, -0.2) is 0 Å². The fourth-order valence-corrected chi connectivity index (χ4v) is 4.17. The molecule has 0 saturated carbocycles. The highest BCUT2D eigenvalue weighted by molar-refractivity contribution is 6.02. The van der Waals surface area contributed by atoms with E-state index in [-0.39, 0.29) is 17.6 Å². The van der Waals surface area contributed by atoms with Gasteiger partial charge in [-0.05, 0) is 45.2 Å². The Morgan fingerprint density at radius 3 is 2.19 bits per heavy atom. The summed E-state index contributed by atoms with van der Waals surface area (Å²) in [5.41, 5.74) is 17.5. The van der Waals surface area contributed by atoms with Crippen molar-refractivity contribution in [1.82, 2.24) is 9.97 Å². The monoisotopic (exact) mass is 404 g/mol. The second-order valence-corrected chi connectivity index (χ2v) is 7.55. The summed E-state index contributed by atoms with van der Waals surface area (Å²) in [6.07, 6.45) is 7.90. The number of amidine groups is 2. The normalized spacial score (nSPS) is 14.5. The minimum absolute atomic E-state index is 0.0350. The number of nitrogens with two attached hydrogens (primary N) is 2. The Bertz CT molecular complexity index is 1370. The molecule has 1 aliphatic carbocycles. The number of benzene rings is 2. The van der Waals surface area contributed by atoms with Gasteiger partial charge in [0.25, 0.3) is 0 Å². The summed E-state index contributed by atoms with van der Waals surface area (Å²) in [6, 6.07) is 18.1. The van der Waals surface area contributed by atoms with Gasteiger partial charge in [-0.15, -0.1) is 0 Å². The molecular weight excluding hydrogens is 384 g/mol. The molecule has 6 N–H and O–H groups in total. The zero-order valence-corrected chi connectivity index (χ0v) is 16.6. The molecule has 1 atom stereocenters. The van der Waals surface area contributed by atoms with Crippen molar-refractivity contribution in [2.45, 2.75) is 5.92 Å². The fourth-order valence-electron chi connectivity index (χ4n) is 4.17. The molecule has 4 aromatic rings. The van der Waals surface area contributed by atoms with Crippen LogP contribution in [0.1, 0.15) is 34.0 Å². The SMILES string of the molecule is N=C(N)c1ccc(-c2ccc3cccc4c3c2C=CC4c2ccc(C(=N)N)nc2)cn1. The largest absolute Gasteiger partial charge is 0.382 e. The lowest BCUT2D eigenvalue weighted by Crippen LogP contribution is -2.13. The molecule has 0 saturated heterocycles. The molecule has 0 fully saturated rings. The van der Waals surface area contributed by atoms with E-state index in [2.05, 4.69) is 52.5 Å². The third-order valence-corrected chi connectivity index (χ3v) is 5.68. The molecule has 2 aromatic carbocycles. The summed E-state index contributed by atoms with van der Waals surface area (Å²) in [5, 5.41) is 17.5. The Hall–Kier alpha value is -4.32. The van der Waals surface area contributed by atoms with Crippen LogP contribution in [0.4, 0.5) is 0 Å². The van der Waals surface area contributed by atoms with Crippen LogP contribution in [-0.2, 0) is 0 Å². The van der Waals surface area contributed by atoms with Crippen LogP contribution in [0, 0.1) is 10.8 Å². The molecule has 2 heterocycles. The maximum absolute atomic E-state index is 7.56. The molecule has 6 heteroatoms. The van der Waals surface area contributed by atoms with Gasteiger partial charge in [0, 0.05) is 23.9 Å². The third-order valence-electron chi connectivity index (χ3n) is 5.68. The van der Waals surface area contributed by atoms with Gasteiger partial charge in [0.2, 0.25) is 0 Å². The van der Waals surface area contributed by atoms with Crippen molar-refractivity contribution in [3.63, 3.8) is 0 Å². The summed E-state index contributed by atoms with van der Waals surface area (Å²) < 4.78 is 0. The van der Waals surface area contributed by atoms with Crippen molar-refractivity contribution in [2.75, 3.05) is 0 Å². The van der Waals surface area contributed by atoms with Gasteiger partial charge in [-0.3, -0.25) is 20.8 Å². The van der Waals surface area contributed by atoms with Gasteiger partial charge in [-0.1, -0.05) is 54.6 Å². The number of nitrogens with zero attached hydrogens (tertiary/aromatic N) is 2. The Morgan fingerprint density at radius 2 is 1.55 bits per heavy atom. The van der Waals surface area contributed by atoms with Gasteiger partial charge in [0.1, 0.15) is 23.1 Å². The molecule has 0 spiro atoms. The number of allylic oxidation sites excluding steroid dienone is 1. The Morgan fingerprint density at radius 1 is 0.806 bits per heavy atom. The van der Waals surface area contributed by atoms with Crippen molar-refractivity contribution in [1.29, 1.82) is 10.8 Å². The molecule has 1 aliphatic rings. The number of hydrogen-bond acceptors (Lipinski definition) is 4. The van der Waals surface area contributed by atoms with E-state index >= 15 is 0 Å². The zero-order chi connectivity index (χ0) is 21.5. The smallest absolute Gasteiger partial charge is 0.141 e. The minimum Gasteiger partial charge on any atom is -0.382 e. The topological polar surface area (TPSA) is 126 Å². The number of pyridine rings is 2. The quantitative estimate of drug-likeness (QED) is 0.303. The Kier molecular flexibility index (Phi) is 4.33. The van der Waals surface area contributed by atoms with E-state index in [9.17, 15) is 0 Å².